The van der Waals surface area contributed by atoms with Crippen LogP contribution in [-0.4, -0.2) is 19.0 Å². The van der Waals surface area contributed by atoms with Crippen molar-refractivity contribution < 1.29 is 9.53 Å². The standard InChI is InChI=1S/C16H24O2/c1-3-5-9-14(4-2)12-18-13-16(17)15-10-7-6-8-11-15/h6-8,10-11,14H,3-5,9,12-13H2,1-2H3. The van der Waals surface area contributed by atoms with Crippen molar-refractivity contribution in [2.45, 2.75) is 39.5 Å². The fraction of sp³-hybridized carbons (Fsp3) is 0.562. The van der Waals surface area contributed by atoms with Gasteiger partial charge in [0.25, 0.3) is 0 Å². The van der Waals surface area contributed by atoms with Crippen LogP contribution in [0, 0.1) is 5.92 Å². The molecule has 0 aliphatic rings. The van der Waals surface area contributed by atoms with Crippen molar-refractivity contribution in [3.63, 3.8) is 0 Å². The Morgan fingerprint density at radius 2 is 1.94 bits per heavy atom. The summed E-state index contributed by atoms with van der Waals surface area (Å²) in [6, 6.07) is 9.34. The van der Waals surface area contributed by atoms with E-state index in [-0.39, 0.29) is 12.4 Å². The molecular weight excluding hydrogens is 224 g/mol. The van der Waals surface area contributed by atoms with Crippen molar-refractivity contribution in [3.8, 4) is 0 Å². The van der Waals surface area contributed by atoms with Crippen LogP contribution in [0.2, 0.25) is 0 Å². The summed E-state index contributed by atoms with van der Waals surface area (Å²) < 4.78 is 5.55. The number of hydrogen-bond donors (Lipinski definition) is 0. The van der Waals surface area contributed by atoms with Gasteiger partial charge in [-0.25, -0.2) is 0 Å². The van der Waals surface area contributed by atoms with E-state index in [1.54, 1.807) is 0 Å². The molecule has 18 heavy (non-hydrogen) atoms. The highest BCUT2D eigenvalue weighted by Crippen LogP contribution is 2.13. The normalized spacial score (nSPS) is 12.3. The molecular formula is C16H24O2. The number of carbonyl (C=O) groups is 1. The molecule has 0 aliphatic carbocycles. The second-order valence-electron chi connectivity index (χ2n) is 4.72. The SMILES string of the molecule is CCCCC(CC)COCC(=O)c1ccccc1. The van der Waals surface area contributed by atoms with Crippen molar-refractivity contribution in [1.82, 2.24) is 0 Å². The summed E-state index contributed by atoms with van der Waals surface area (Å²) in [6.07, 6.45) is 4.79. The van der Waals surface area contributed by atoms with Crippen LogP contribution in [0.4, 0.5) is 0 Å². The van der Waals surface area contributed by atoms with Gasteiger partial charge in [-0.3, -0.25) is 4.79 Å². The lowest BCUT2D eigenvalue weighted by Crippen LogP contribution is -2.14. The number of carbonyl (C=O) groups excluding carboxylic acids is 1. The average Bonchev–Trinajstić information content (AvgIpc) is 2.43. The minimum Gasteiger partial charge on any atom is -0.373 e. The molecule has 0 amide bonds. The summed E-state index contributed by atoms with van der Waals surface area (Å²) in [4.78, 5) is 11.8. The van der Waals surface area contributed by atoms with E-state index < -0.39 is 0 Å². The van der Waals surface area contributed by atoms with E-state index in [1.807, 2.05) is 30.3 Å². The van der Waals surface area contributed by atoms with E-state index in [1.165, 1.54) is 19.3 Å². The predicted octanol–water partition coefficient (Wildman–Crippen LogP) is 4.10. The molecule has 0 N–H and O–H groups in total. The summed E-state index contributed by atoms with van der Waals surface area (Å²) >= 11 is 0. The lowest BCUT2D eigenvalue weighted by Gasteiger charge is -2.14. The highest BCUT2D eigenvalue weighted by atomic mass is 16.5. The van der Waals surface area contributed by atoms with Crippen molar-refractivity contribution in [2.75, 3.05) is 13.2 Å². The molecule has 1 unspecified atom stereocenters. The largest absolute Gasteiger partial charge is 0.373 e. The average molecular weight is 248 g/mol. The number of ketones is 1. The minimum atomic E-state index is 0.0703. The summed E-state index contributed by atoms with van der Waals surface area (Å²) in [7, 11) is 0. The van der Waals surface area contributed by atoms with Gasteiger partial charge in [-0.2, -0.15) is 0 Å². The first-order valence-corrected chi connectivity index (χ1v) is 6.93. The molecule has 0 heterocycles. The Hall–Kier alpha value is -1.15. The Labute approximate surface area is 110 Å². The predicted molar refractivity (Wildman–Crippen MR) is 74.9 cm³/mol. The molecule has 2 heteroatoms. The molecule has 0 aromatic heterocycles. The lowest BCUT2D eigenvalue weighted by atomic mass is 10.0. The van der Waals surface area contributed by atoms with Crippen molar-refractivity contribution in [2.24, 2.45) is 5.92 Å². The van der Waals surface area contributed by atoms with Crippen LogP contribution in [0.15, 0.2) is 30.3 Å². The number of unbranched alkanes of at least 4 members (excludes halogenated alkanes) is 1. The van der Waals surface area contributed by atoms with Gasteiger partial charge in [-0.15, -0.1) is 0 Å². The molecule has 0 radical (unpaired) electrons. The number of benzene rings is 1. The molecule has 0 saturated carbocycles. The zero-order valence-electron chi connectivity index (χ0n) is 11.5. The Morgan fingerprint density at radius 3 is 2.56 bits per heavy atom. The van der Waals surface area contributed by atoms with Crippen molar-refractivity contribution >= 4 is 5.78 Å². The van der Waals surface area contributed by atoms with Crippen molar-refractivity contribution in [3.05, 3.63) is 35.9 Å². The van der Waals surface area contributed by atoms with Crippen LogP contribution in [0.25, 0.3) is 0 Å². The van der Waals surface area contributed by atoms with E-state index in [4.69, 9.17) is 4.74 Å². The molecule has 2 nitrogen and oxygen atoms in total. The molecule has 1 aromatic rings. The maximum Gasteiger partial charge on any atom is 0.188 e. The second kappa shape index (κ2) is 8.87. The van der Waals surface area contributed by atoms with Gasteiger partial charge in [-0.05, 0) is 12.3 Å². The summed E-state index contributed by atoms with van der Waals surface area (Å²) in [5.41, 5.74) is 0.735. The molecule has 0 fully saturated rings. The third-order valence-electron chi connectivity index (χ3n) is 3.23. The van der Waals surface area contributed by atoms with Gasteiger partial charge in [0.05, 0.1) is 0 Å². The van der Waals surface area contributed by atoms with Crippen LogP contribution < -0.4 is 0 Å². The smallest absolute Gasteiger partial charge is 0.188 e. The molecule has 0 saturated heterocycles. The first kappa shape index (κ1) is 14.9. The Bertz CT molecular complexity index is 332. The van der Waals surface area contributed by atoms with E-state index >= 15 is 0 Å². The van der Waals surface area contributed by atoms with E-state index in [2.05, 4.69) is 13.8 Å². The third-order valence-corrected chi connectivity index (χ3v) is 3.23. The van der Waals surface area contributed by atoms with Gasteiger partial charge in [0, 0.05) is 12.2 Å². The molecule has 0 spiro atoms. The maximum absolute atomic E-state index is 11.8. The second-order valence-corrected chi connectivity index (χ2v) is 4.72. The van der Waals surface area contributed by atoms with Gasteiger partial charge >= 0.3 is 0 Å². The minimum absolute atomic E-state index is 0.0703. The molecule has 100 valence electrons. The first-order valence-electron chi connectivity index (χ1n) is 6.93. The van der Waals surface area contributed by atoms with E-state index in [0.717, 1.165) is 12.0 Å². The Kier molecular flexibility index (Phi) is 7.35. The summed E-state index contributed by atoms with van der Waals surface area (Å²) in [6.45, 7) is 5.29. The summed E-state index contributed by atoms with van der Waals surface area (Å²) in [5.74, 6) is 0.662. The fourth-order valence-corrected chi connectivity index (χ4v) is 1.92. The Balaban J connectivity index is 2.26. The zero-order chi connectivity index (χ0) is 13.2. The Morgan fingerprint density at radius 1 is 1.22 bits per heavy atom. The highest BCUT2D eigenvalue weighted by molar-refractivity contribution is 5.96. The van der Waals surface area contributed by atoms with Crippen molar-refractivity contribution in [1.29, 1.82) is 0 Å². The van der Waals surface area contributed by atoms with E-state index in [9.17, 15) is 4.79 Å². The van der Waals surface area contributed by atoms with Crippen LogP contribution in [0.1, 0.15) is 49.9 Å². The van der Waals surface area contributed by atoms with Gasteiger partial charge in [-0.1, -0.05) is 63.4 Å². The van der Waals surface area contributed by atoms with Gasteiger partial charge in [0.1, 0.15) is 6.61 Å². The van der Waals surface area contributed by atoms with Gasteiger partial charge in [0.15, 0.2) is 5.78 Å². The number of rotatable bonds is 9. The molecule has 1 aromatic carbocycles. The number of ether oxygens (including phenoxy) is 1. The van der Waals surface area contributed by atoms with Gasteiger partial charge < -0.3 is 4.74 Å². The summed E-state index contributed by atoms with van der Waals surface area (Å²) in [5, 5.41) is 0. The molecule has 0 aliphatic heterocycles. The molecule has 1 rings (SSSR count). The maximum atomic E-state index is 11.8. The van der Waals surface area contributed by atoms with Gasteiger partial charge in [0.2, 0.25) is 0 Å². The molecule has 0 bridgehead atoms. The first-order chi connectivity index (χ1) is 8.77. The lowest BCUT2D eigenvalue weighted by molar-refractivity contribution is 0.0658. The monoisotopic (exact) mass is 248 g/mol. The third kappa shape index (κ3) is 5.46. The molecule has 1 atom stereocenters. The topological polar surface area (TPSA) is 26.3 Å². The van der Waals surface area contributed by atoms with Crippen LogP contribution >= 0.6 is 0 Å². The van der Waals surface area contributed by atoms with E-state index in [0.29, 0.717) is 12.5 Å². The quantitative estimate of drug-likeness (QED) is 0.615. The number of hydrogen-bond acceptors (Lipinski definition) is 2. The zero-order valence-corrected chi connectivity index (χ0v) is 11.5. The van der Waals surface area contributed by atoms with Crippen LogP contribution in [-0.2, 0) is 4.74 Å². The highest BCUT2D eigenvalue weighted by Gasteiger charge is 2.09. The fourth-order valence-electron chi connectivity index (χ4n) is 1.92. The van der Waals surface area contributed by atoms with Crippen LogP contribution in [0.3, 0.4) is 0 Å². The van der Waals surface area contributed by atoms with Crippen LogP contribution in [0.5, 0.6) is 0 Å². The number of Topliss-reactive ketones (excluding diaryl/α,β-unsaturated/α-hetero) is 1.